The van der Waals surface area contributed by atoms with Gasteiger partial charge in [0.05, 0.1) is 11.1 Å². The first kappa shape index (κ1) is 38.6. The highest BCUT2D eigenvalue weighted by Crippen LogP contribution is 2.64. The molecule has 0 amide bonds. The third-order valence-corrected chi connectivity index (χ3v) is 16.2. The third-order valence-electron chi connectivity index (χ3n) is 16.2. The Labute approximate surface area is 402 Å². The maximum atomic E-state index is 2.60. The highest BCUT2D eigenvalue weighted by atomic mass is 15.1. The number of benzene rings is 12. The van der Waals surface area contributed by atoms with Crippen LogP contribution in [0.1, 0.15) is 47.2 Å². The van der Waals surface area contributed by atoms with E-state index in [-0.39, 0.29) is 5.41 Å². The zero-order chi connectivity index (χ0) is 45.6. The molecule has 0 bridgehead atoms. The SMILES string of the molecule is CC1(C)c2ccccc2-c2cc(N(c3ccc4c5ccccc5c5ccccc5c4c3)c3cc4c(cc3-c3cccc5ccccc35)-c3ccccc3C43c4ccccc4-c4ccccc43)ccc21. The van der Waals surface area contributed by atoms with Gasteiger partial charge in [-0.1, -0.05) is 214 Å². The molecule has 0 heterocycles. The Hall–Kier alpha value is -8.52. The van der Waals surface area contributed by atoms with Gasteiger partial charge >= 0.3 is 0 Å². The van der Waals surface area contributed by atoms with E-state index < -0.39 is 5.41 Å². The molecular formula is C68H45N. The van der Waals surface area contributed by atoms with Gasteiger partial charge in [0, 0.05) is 22.4 Å². The summed E-state index contributed by atoms with van der Waals surface area (Å²) in [6, 6.07) is 89.7. The maximum Gasteiger partial charge on any atom is 0.0726 e. The summed E-state index contributed by atoms with van der Waals surface area (Å²) < 4.78 is 0. The molecule has 0 atom stereocenters. The Balaban J connectivity index is 1.10. The lowest BCUT2D eigenvalue weighted by atomic mass is 9.70. The van der Waals surface area contributed by atoms with E-state index in [2.05, 4.69) is 255 Å². The molecule has 0 aromatic heterocycles. The minimum atomic E-state index is -0.518. The number of rotatable bonds is 4. The number of fused-ring (bicyclic) bond motifs is 20. The normalized spacial score (nSPS) is 14.2. The van der Waals surface area contributed by atoms with Gasteiger partial charge in [-0.3, -0.25) is 0 Å². The fraction of sp³-hybridized carbons (Fsp3) is 0.0588. The molecule has 3 aliphatic carbocycles. The van der Waals surface area contributed by atoms with Crippen LogP contribution in [0.3, 0.4) is 0 Å². The zero-order valence-electron chi connectivity index (χ0n) is 38.5. The van der Waals surface area contributed by atoms with E-state index in [9.17, 15) is 0 Å². The summed E-state index contributed by atoms with van der Waals surface area (Å²) in [6.45, 7) is 4.75. The number of nitrogens with zero attached hydrogens (tertiary/aromatic N) is 1. The van der Waals surface area contributed by atoms with Gasteiger partial charge in [0.2, 0.25) is 0 Å². The average molecular weight is 876 g/mol. The zero-order valence-corrected chi connectivity index (χ0v) is 38.5. The van der Waals surface area contributed by atoms with Crippen molar-refractivity contribution in [2.75, 3.05) is 4.90 Å². The van der Waals surface area contributed by atoms with Crippen molar-refractivity contribution in [1.29, 1.82) is 0 Å². The van der Waals surface area contributed by atoms with Crippen molar-refractivity contribution in [2.45, 2.75) is 24.7 Å². The van der Waals surface area contributed by atoms with Crippen LogP contribution in [-0.4, -0.2) is 0 Å². The van der Waals surface area contributed by atoms with Crippen LogP contribution in [0.25, 0.3) is 87.6 Å². The maximum absolute atomic E-state index is 2.60. The molecule has 1 nitrogen and oxygen atoms in total. The van der Waals surface area contributed by atoms with Crippen LogP contribution in [0.4, 0.5) is 17.1 Å². The first-order valence-electron chi connectivity index (χ1n) is 24.3. The van der Waals surface area contributed by atoms with Crippen LogP contribution in [0.15, 0.2) is 237 Å². The third kappa shape index (κ3) is 5.09. The summed E-state index contributed by atoms with van der Waals surface area (Å²) in [7, 11) is 0. The molecule has 322 valence electrons. The number of hydrogen-bond donors (Lipinski definition) is 0. The van der Waals surface area contributed by atoms with Crippen molar-refractivity contribution in [3.05, 3.63) is 270 Å². The van der Waals surface area contributed by atoms with Crippen LogP contribution in [-0.2, 0) is 10.8 Å². The van der Waals surface area contributed by atoms with E-state index in [1.807, 2.05) is 0 Å². The Bertz CT molecular complexity index is 4100. The van der Waals surface area contributed by atoms with E-state index in [0.29, 0.717) is 0 Å². The van der Waals surface area contributed by atoms with Crippen molar-refractivity contribution < 1.29 is 0 Å². The standard InChI is InChI=1S/C68H45N/c1-67(2)60-30-13-9-27-54(60)57-39-44(35-37-61(57)67)69(43-34-36-51-49-23-6-5-21-47(49)48-22-7-8-24-50(48)56(51)38-43)66-41-65-58(40-59(66)46-29-17-19-42-18-3-4-20-45(42)46)55-28-12-16-33-64(55)68(65)62-31-14-10-25-52(62)53-26-11-15-32-63(53)68/h3-41H,1-2H3. The van der Waals surface area contributed by atoms with Gasteiger partial charge in [-0.25, -0.2) is 0 Å². The highest BCUT2D eigenvalue weighted by molar-refractivity contribution is 6.26. The molecule has 0 radical (unpaired) electrons. The highest BCUT2D eigenvalue weighted by Gasteiger charge is 2.52. The summed E-state index contributed by atoms with van der Waals surface area (Å²) in [5.41, 5.74) is 21.0. The second-order valence-electron chi connectivity index (χ2n) is 19.9. The monoisotopic (exact) mass is 875 g/mol. The molecule has 0 saturated carbocycles. The van der Waals surface area contributed by atoms with Gasteiger partial charge < -0.3 is 4.90 Å². The van der Waals surface area contributed by atoms with Crippen molar-refractivity contribution in [2.24, 2.45) is 0 Å². The average Bonchev–Trinajstić information content (AvgIpc) is 3.96. The van der Waals surface area contributed by atoms with Crippen LogP contribution in [0.2, 0.25) is 0 Å². The summed E-state index contributed by atoms with van der Waals surface area (Å²) >= 11 is 0. The van der Waals surface area contributed by atoms with E-state index in [1.165, 1.54) is 121 Å². The van der Waals surface area contributed by atoms with E-state index in [1.54, 1.807) is 0 Å². The molecule has 1 spiro atoms. The second kappa shape index (κ2) is 14.0. The Kier molecular flexibility index (Phi) is 7.83. The predicted molar refractivity (Wildman–Crippen MR) is 290 cm³/mol. The van der Waals surface area contributed by atoms with Crippen molar-refractivity contribution in [3.63, 3.8) is 0 Å². The van der Waals surface area contributed by atoms with Crippen LogP contribution < -0.4 is 4.90 Å². The van der Waals surface area contributed by atoms with Gasteiger partial charge in [0.1, 0.15) is 0 Å². The molecule has 12 aromatic rings. The van der Waals surface area contributed by atoms with Gasteiger partial charge in [-0.2, -0.15) is 0 Å². The number of hydrogen-bond acceptors (Lipinski definition) is 1. The summed E-state index contributed by atoms with van der Waals surface area (Å²) in [6.07, 6.45) is 0. The van der Waals surface area contributed by atoms with Gasteiger partial charge in [0.25, 0.3) is 0 Å². The van der Waals surface area contributed by atoms with Crippen molar-refractivity contribution in [1.82, 2.24) is 0 Å². The smallest absolute Gasteiger partial charge is 0.0726 e. The van der Waals surface area contributed by atoms with Crippen molar-refractivity contribution in [3.8, 4) is 44.5 Å². The van der Waals surface area contributed by atoms with Crippen molar-refractivity contribution >= 4 is 60.2 Å². The molecular weight excluding hydrogens is 831 g/mol. The molecule has 0 saturated heterocycles. The fourth-order valence-corrected chi connectivity index (χ4v) is 13.3. The van der Waals surface area contributed by atoms with E-state index >= 15 is 0 Å². The first-order chi connectivity index (χ1) is 34.0. The summed E-state index contributed by atoms with van der Waals surface area (Å²) in [5.74, 6) is 0. The molecule has 0 N–H and O–H groups in total. The summed E-state index contributed by atoms with van der Waals surface area (Å²) in [5, 5.41) is 10.0. The largest absolute Gasteiger partial charge is 0.310 e. The topological polar surface area (TPSA) is 3.24 Å². The van der Waals surface area contributed by atoms with Gasteiger partial charge in [0.15, 0.2) is 0 Å². The minimum absolute atomic E-state index is 0.124. The van der Waals surface area contributed by atoms with Crippen LogP contribution in [0.5, 0.6) is 0 Å². The molecule has 0 unspecified atom stereocenters. The Morgan fingerprint density at radius 3 is 1.32 bits per heavy atom. The Morgan fingerprint density at radius 1 is 0.261 bits per heavy atom. The molecule has 0 fully saturated rings. The van der Waals surface area contributed by atoms with Gasteiger partial charge in [-0.15, -0.1) is 0 Å². The minimum Gasteiger partial charge on any atom is -0.310 e. The lowest BCUT2D eigenvalue weighted by molar-refractivity contribution is 0.660. The van der Waals surface area contributed by atoms with Crippen LogP contribution in [0, 0.1) is 0 Å². The predicted octanol–water partition coefficient (Wildman–Crippen LogP) is 18.1. The van der Waals surface area contributed by atoms with Gasteiger partial charge in [-0.05, 0) is 152 Å². The second-order valence-corrected chi connectivity index (χ2v) is 19.9. The fourth-order valence-electron chi connectivity index (χ4n) is 13.3. The molecule has 0 aliphatic heterocycles. The summed E-state index contributed by atoms with van der Waals surface area (Å²) in [4.78, 5) is 2.60. The lowest BCUT2D eigenvalue weighted by Gasteiger charge is -2.34. The molecule has 12 aromatic carbocycles. The molecule has 3 aliphatic rings. The first-order valence-corrected chi connectivity index (χ1v) is 24.3. The van der Waals surface area contributed by atoms with E-state index in [0.717, 1.165) is 17.1 Å². The van der Waals surface area contributed by atoms with Crippen LogP contribution >= 0.6 is 0 Å². The molecule has 69 heavy (non-hydrogen) atoms. The number of anilines is 3. The quantitative estimate of drug-likeness (QED) is 0.159. The molecule has 1 heteroatoms. The lowest BCUT2D eigenvalue weighted by Crippen LogP contribution is -2.26. The van der Waals surface area contributed by atoms with E-state index in [4.69, 9.17) is 0 Å². The Morgan fingerprint density at radius 2 is 0.681 bits per heavy atom. The molecule has 15 rings (SSSR count).